The summed E-state index contributed by atoms with van der Waals surface area (Å²) in [6, 6.07) is 8.55. The molecule has 0 aliphatic rings. The Morgan fingerprint density at radius 2 is 2.10 bits per heavy atom. The van der Waals surface area contributed by atoms with E-state index < -0.39 is 0 Å². The molecule has 20 heavy (non-hydrogen) atoms. The van der Waals surface area contributed by atoms with Crippen molar-refractivity contribution in [2.75, 3.05) is 0 Å². The largest absolute Gasteiger partial charge is 0.307 e. The quantitative estimate of drug-likeness (QED) is 0.619. The van der Waals surface area contributed by atoms with Crippen LogP contribution in [0.2, 0.25) is 0 Å². The second-order valence-corrected chi connectivity index (χ2v) is 6.47. The average molecular weight is 299 g/mol. The van der Waals surface area contributed by atoms with Crippen molar-refractivity contribution in [2.45, 2.75) is 13.1 Å². The highest BCUT2D eigenvalue weighted by Crippen LogP contribution is 2.25. The van der Waals surface area contributed by atoms with Crippen molar-refractivity contribution >= 4 is 37.7 Å². The van der Waals surface area contributed by atoms with Gasteiger partial charge >= 0.3 is 0 Å². The molecule has 0 fully saturated rings. The fourth-order valence-corrected chi connectivity index (χ4v) is 4.04. The lowest BCUT2D eigenvalue weighted by molar-refractivity contribution is 0.687. The molecule has 100 valence electrons. The molecule has 0 saturated heterocycles. The smallest absolute Gasteiger partial charge is 0.193 e. The van der Waals surface area contributed by atoms with Crippen LogP contribution in [0.1, 0.15) is 11.3 Å². The van der Waals surface area contributed by atoms with Crippen LogP contribution in [-0.4, -0.2) is 9.38 Å². The lowest BCUT2D eigenvalue weighted by atomic mass is 10.2. The number of thiazole rings is 1. The minimum absolute atomic E-state index is 0.804. The molecular weight excluding hydrogens is 286 g/mol. The van der Waals surface area contributed by atoms with E-state index >= 15 is 0 Å². The van der Waals surface area contributed by atoms with Gasteiger partial charge in [-0.2, -0.15) is 0 Å². The summed E-state index contributed by atoms with van der Waals surface area (Å²) in [6.07, 6.45) is 4.13. The molecule has 3 nitrogen and oxygen atoms in total. The molecule has 3 aromatic heterocycles. The van der Waals surface area contributed by atoms with Crippen LogP contribution in [0.15, 0.2) is 47.4 Å². The zero-order chi connectivity index (χ0) is 13.4. The Morgan fingerprint density at radius 3 is 3.05 bits per heavy atom. The molecule has 0 spiro atoms. The Kier molecular flexibility index (Phi) is 3.03. The monoisotopic (exact) mass is 299 g/mol. The van der Waals surface area contributed by atoms with Crippen molar-refractivity contribution in [2.24, 2.45) is 0 Å². The molecule has 4 rings (SSSR count). The average Bonchev–Trinajstić information content (AvgIpc) is 3.13. The van der Waals surface area contributed by atoms with Crippen LogP contribution < -0.4 is 5.32 Å². The van der Waals surface area contributed by atoms with Gasteiger partial charge in [0.15, 0.2) is 4.96 Å². The fraction of sp³-hybridized carbons (Fsp3) is 0.133. The number of imidazole rings is 1. The van der Waals surface area contributed by atoms with Gasteiger partial charge in [0, 0.05) is 35.6 Å². The molecule has 0 bridgehead atoms. The van der Waals surface area contributed by atoms with Crippen molar-refractivity contribution in [3.8, 4) is 0 Å². The molecular formula is C15H13N3S2. The van der Waals surface area contributed by atoms with Crippen molar-refractivity contribution in [1.29, 1.82) is 0 Å². The van der Waals surface area contributed by atoms with E-state index in [1.807, 2.05) is 17.5 Å². The number of hydrogen-bond donors (Lipinski definition) is 1. The Hall–Kier alpha value is -1.69. The van der Waals surface area contributed by atoms with Crippen LogP contribution in [0.3, 0.4) is 0 Å². The number of aromatic nitrogens is 2. The lowest BCUT2D eigenvalue weighted by Gasteiger charge is -2.01. The zero-order valence-corrected chi connectivity index (χ0v) is 12.4. The number of rotatable bonds is 4. The van der Waals surface area contributed by atoms with Gasteiger partial charge in [-0.3, -0.25) is 4.40 Å². The summed E-state index contributed by atoms with van der Waals surface area (Å²) in [7, 11) is 0. The van der Waals surface area contributed by atoms with Gasteiger partial charge < -0.3 is 5.32 Å². The summed E-state index contributed by atoms with van der Waals surface area (Å²) in [6.45, 7) is 1.69. The predicted molar refractivity (Wildman–Crippen MR) is 85.4 cm³/mol. The molecule has 3 heterocycles. The molecule has 0 amide bonds. The molecule has 0 unspecified atom stereocenters. The SMILES string of the molecule is c1ccc2c(CNCc3cn4ccsc4n3)csc2c1. The van der Waals surface area contributed by atoms with Crippen LogP contribution in [0.25, 0.3) is 15.0 Å². The molecule has 0 aliphatic heterocycles. The molecule has 4 aromatic rings. The highest BCUT2D eigenvalue weighted by Gasteiger charge is 2.05. The lowest BCUT2D eigenvalue weighted by Crippen LogP contribution is -2.12. The molecule has 0 radical (unpaired) electrons. The first-order valence-corrected chi connectivity index (χ1v) is 8.23. The Bertz CT molecular complexity index is 828. The number of hydrogen-bond acceptors (Lipinski definition) is 4. The summed E-state index contributed by atoms with van der Waals surface area (Å²) in [5.41, 5.74) is 2.46. The molecule has 1 N–H and O–H groups in total. The maximum absolute atomic E-state index is 4.58. The Labute approximate surface area is 124 Å². The summed E-state index contributed by atoms with van der Waals surface area (Å²) in [5, 5.41) is 9.13. The van der Waals surface area contributed by atoms with Gasteiger partial charge in [-0.15, -0.1) is 22.7 Å². The predicted octanol–water partition coefficient (Wildman–Crippen LogP) is 3.90. The van der Waals surface area contributed by atoms with Gasteiger partial charge in [-0.05, 0) is 22.4 Å². The molecule has 0 saturated carbocycles. The molecule has 5 heteroatoms. The van der Waals surface area contributed by atoms with Gasteiger partial charge in [0.25, 0.3) is 0 Å². The molecule has 0 aliphatic carbocycles. The number of thiophene rings is 1. The van der Waals surface area contributed by atoms with E-state index in [-0.39, 0.29) is 0 Å². The van der Waals surface area contributed by atoms with E-state index in [1.54, 1.807) is 11.3 Å². The fourth-order valence-electron chi connectivity index (χ4n) is 2.36. The summed E-state index contributed by atoms with van der Waals surface area (Å²) < 4.78 is 3.42. The summed E-state index contributed by atoms with van der Waals surface area (Å²) in [5.74, 6) is 0. The first-order valence-electron chi connectivity index (χ1n) is 6.47. The van der Waals surface area contributed by atoms with E-state index in [1.165, 1.54) is 15.6 Å². The van der Waals surface area contributed by atoms with E-state index in [9.17, 15) is 0 Å². The van der Waals surface area contributed by atoms with Crippen molar-refractivity contribution < 1.29 is 0 Å². The maximum atomic E-state index is 4.58. The van der Waals surface area contributed by atoms with E-state index in [0.29, 0.717) is 0 Å². The normalized spacial score (nSPS) is 11.6. The second-order valence-electron chi connectivity index (χ2n) is 4.69. The highest BCUT2D eigenvalue weighted by molar-refractivity contribution is 7.17. The minimum Gasteiger partial charge on any atom is -0.307 e. The van der Waals surface area contributed by atoms with Crippen LogP contribution in [0, 0.1) is 0 Å². The van der Waals surface area contributed by atoms with Crippen LogP contribution in [-0.2, 0) is 13.1 Å². The minimum atomic E-state index is 0.804. The Balaban J connectivity index is 1.46. The third-order valence-corrected chi connectivity index (χ3v) is 5.11. The number of nitrogens with one attached hydrogen (secondary N) is 1. The molecule has 1 aromatic carbocycles. The van der Waals surface area contributed by atoms with Gasteiger partial charge in [0.1, 0.15) is 0 Å². The van der Waals surface area contributed by atoms with E-state index in [0.717, 1.165) is 23.7 Å². The zero-order valence-electron chi connectivity index (χ0n) is 10.7. The van der Waals surface area contributed by atoms with Crippen molar-refractivity contribution in [3.05, 3.63) is 58.7 Å². The first-order chi connectivity index (χ1) is 9.90. The number of benzene rings is 1. The van der Waals surface area contributed by atoms with Gasteiger partial charge in [0.05, 0.1) is 5.69 Å². The summed E-state index contributed by atoms with van der Waals surface area (Å²) >= 11 is 3.47. The standard InChI is InChI=1S/C15H13N3S2/c1-2-4-14-13(3-1)11(10-20-14)7-16-8-12-9-18-5-6-19-15(18)17-12/h1-6,9-10,16H,7-8H2. The van der Waals surface area contributed by atoms with Crippen molar-refractivity contribution in [1.82, 2.24) is 14.7 Å². The van der Waals surface area contributed by atoms with Gasteiger partial charge in [-0.1, -0.05) is 18.2 Å². The third kappa shape index (κ3) is 2.14. The van der Waals surface area contributed by atoms with Gasteiger partial charge in [0.2, 0.25) is 0 Å². The van der Waals surface area contributed by atoms with Gasteiger partial charge in [-0.25, -0.2) is 4.98 Å². The number of fused-ring (bicyclic) bond motifs is 2. The topological polar surface area (TPSA) is 29.3 Å². The van der Waals surface area contributed by atoms with E-state index in [4.69, 9.17) is 0 Å². The van der Waals surface area contributed by atoms with Crippen LogP contribution >= 0.6 is 22.7 Å². The van der Waals surface area contributed by atoms with Crippen LogP contribution in [0.5, 0.6) is 0 Å². The summed E-state index contributed by atoms with van der Waals surface area (Å²) in [4.78, 5) is 5.63. The van der Waals surface area contributed by atoms with E-state index in [2.05, 4.69) is 55.9 Å². The first kappa shape index (κ1) is 12.1. The Morgan fingerprint density at radius 1 is 1.15 bits per heavy atom. The number of nitrogens with zero attached hydrogens (tertiary/aromatic N) is 2. The van der Waals surface area contributed by atoms with Crippen LogP contribution in [0.4, 0.5) is 0 Å². The highest BCUT2D eigenvalue weighted by atomic mass is 32.1. The second kappa shape index (κ2) is 5.01. The third-order valence-electron chi connectivity index (χ3n) is 3.33. The maximum Gasteiger partial charge on any atom is 0.193 e. The molecule has 0 atom stereocenters. The van der Waals surface area contributed by atoms with Crippen molar-refractivity contribution in [3.63, 3.8) is 0 Å².